The first-order valence-corrected chi connectivity index (χ1v) is 16.6. The van der Waals surface area contributed by atoms with Crippen LogP contribution in [0.25, 0.3) is 0 Å². The Morgan fingerprint density at radius 3 is 2.57 bits per heavy atom. The number of hydrogen-bond acceptors (Lipinski definition) is 8. The van der Waals surface area contributed by atoms with Crippen LogP contribution in [0.15, 0.2) is 35.2 Å². The molecule has 3 aliphatic rings. The van der Waals surface area contributed by atoms with Gasteiger partial charge in [-0.15, -0.1) is 0 Å². The maximum absolute atomic E-state index is 12.6. The number of piperidine rings is 1. The Labute approximate surface area is 261 Å². The molecule has 2 fully saturated rings. The largest absolute Gasteiger partial charge is 0.476 e. The summed E-state index contributed by atoms with van der Waals surface area (Å²) in [5.74, 6) is 1.45. The van der Waals surface area contributed by atoms with Crippen LogP contribution in [0.2, 0.25) is 5.15 Å². The van der Waals surface area contributed by atoms with Crippen molar-refractivity contribution in [2.75, 3.05) is 24.4 Å². The van der Waals surface area contributed by atoms with Crippen LogP contribution in [0.3, 0.4) is 0 Å². The molecule has 3 heterocycles. The fourth-order valence-electron chi connectivity index (χ4n) is 6.19. The zero-order valence-corrected chi connectivity index (χ0v) is 27.9. The first-order chi connectivity index (χ1) is 20.0. The molecule has 5 rings (SSSR count). The Balaban J connectivity index is 0.00000198. The van der Waals surface area contributed by atoms with Gasteiger partial charge < -0.3 is 14.4 Å². The van der Waals surface area contributed by atoms with E-state index in [2.05, 4.69) is 57.7 Å². The Hall–Kier alpha value is -2.23. The van der Waals surface area contributed by atoms with Gasteiger partial charge in [0.15, 0.2) is 0 Å². The normalized spacial score (nSPS) is 21.0. The minimum Gasteiger partial charge on any atom is -0.476 e. The molecule has 42 heavy (non-hydrogen) atoms. The molecular weight excluding hydrogens is 570 g/mol. The Kier molecular flexibility index (Phi) is 10.9. The minimum atomic E-state index is -0.466. The van der Waals surface area contributed by atoms with Crippen molar-refractivity contribution in [2.45, 2.75) is 110 Å². The number of halogens is 1. The zero-order valence-electron chi connectivity index (χ0n) is 26.3. The second-order valence-corrected chi connectivity index (χ2v) is 14.3. The standard InChI is InChI=1S/C30H42ClN5O3S.C2H6/c1-20(2)13-22-19-38-26-15-25(31)32-27(33-26)34-40-24-8-6-7-21(14-24)18-36(22)23-16-30(17-23)9-11-35(12-10-30)28(37)39-29(3,4)5;1-2/h6-8,14-15,20,22-23H,9-13,16-19H2,1-5H3,(H,32,33,34);1-2H3. The first kappa shape index (κ1) is 32.7. The lowest BCUT2D eigenvalue weighted by Crippen LogP contribution is -2.58. The average Bonchev–Trinajstić information content (AvgIpc) is 2.92. The number of anilines is 1. The zero-order chi connectivity index (χ0) is 30.5. The molecule has 1 N–H and O–H groups in total. The van der Waals surface area contributed by atoms with E-state index in [9.17, 15) is 4.79 Å². The van der Waals surface area contributed by atoms with Crippen LogP contribution >= 0.6 is 23.5 Å². The van der Waals surface area contributed by atoms with E-state index in [1.165, 1.54) is 17.5 Å². The highest BCUT2D eigenvalue weighted by Crippen LogP contribution is 2.52. The summed E-state index contributed by atoms with van der Waals surface area (Å²) in [5, 5.41) is 0.354. The lowest BCUT2D eigenvalue weighted by atomic mass is 9.59. The average molecular weight is 618 g/mol. The lowest BCUT2D eigenvalue weighted by molar-refractivity contribution is -0.0705. The van der Waals surface area contributed by atoms with E-state index in [0.717, 1.165) is 56.6 Å². The van der Waals surface area contributed by atoms with E-state index in [4.69, 9.17) is 21.1 Å². The molecule has 1 aliphatic carbocycles. The highest BCUT2D eigenvalue weighted by atomic mass is 35.5. The Morgan fingerprint density at radius 1 is 1.19 bits per heavy atom. The molecule has 1 unspecified atom stereocenters. The van der Waals surface area contributed by atoms with Crippen molar-refractivity contribution in [1.82, 2.24) is 19.8 Å². The number of ether oxygens (including phenoxy) is 2. The van der Waals surface area contributed by atoms with Crippen molar-refractivity contribution < 1.29 is 14.3 Å². The number of fused-ring (bicyclic) bond motifs is 4. The Bertz CT molecular complexity index is 1190. The van der Waals surface area contributed by atoms with Crippen LogP contribution in [0, 0.1) is 11.3 Å². The molecule has 232 valence electrons. The third kappa shape index (κ3) is 8.66. The maximum atomic E-state index is 12.6. The van der Waals surface area contributed by atoms with Gasteiger partial charge in [0, 0.05) is 42.7 Å². The van der Waals surface area contributed by atoms with Gasteiger partial charge in [-0.25, -0.2) is 9.78 Å². The van der Waals surface area contributed by atoms with Gasteiger partial charge in [0.1, 0.15) is 17.4 Å². The second kappa shape index (κ2) is 14.0. The number of hydrogen-bond donors (Lipinski definition) is 1. The predicted octanol–water partition coefficient (Wildman–Crippen LogP) is 8.06. The first-order valence-electron chi connectivity index (χ1n) is 15.4. The van der Waals surface area contributed by atoms with Crippen molar-refractivity contribution in [2.24, 2.45) is 11.3 Å². The number of aromatic nitrogens is 2. The third-order valence-corrected chi connectivity index (χ3v) is 9.08. The van der Waals surface area contributed by atoms with E-state index >= 15 is 0 Å². The van der Waals surface area contributed by atoms with E-state index in [-0.39, 0.29) is 12.1 Å². The quantitative estimate of drug-likeness (QED) is 0.274. The van der Waals surface area contributed by atoms with Crippen molar-refractivity contribution >= 4 is 35.6 Å². The molecule has 1 aromatic carbocycles. The van der Waals surface area contributed by atoms with Gasteiger partial charge in [0.2, 0.25) is 11.8 Å². The molecule has 1 spiro atoms. The van der Waals surface area contributed by atoms with Gasteiger partial charge in [-0.05, 0) is 93.9 Å². The van der Waals surface area contributed by atoms with Crippen LogP contribution in [-0.2, 0) is 11.3 Å². The molecule has 10 heteroatoms. The molecule has 1 amide bonds. The van der Waals surface area contributed by atoms with Gasteiger partial charge in [-0.3, -0.25) is 9.62 Å². The van der Waals surface area contributed by atoms with Gasteiger partial charge in [-0.1, -0.05) is 51.4 Å². The summed E-state index contributed by atoms with van der Waals surface area (Å²) in [6.07, 6.45) is 5.18. The highest BCUT2D eigenvalue weighted by molar-refractivity contribution is 8.00. The SMILES string of the molecule is CC.CC(C)CC1COc2cc(Cl)nc(n2)NSc2cccc(c2)CN1C1CC2(CCN(C(=O)OC(C)(C)C)CC2)C1. The second-order valence-electron chi connectivity index (χ2n) is 13.0. The van der Waals surface area contributed by atoms with E-state index in [0.29, 0.717) is 41.0 Å². The molecule has 8 nitrogen and oxygen atoms in total. The predicted molar refractivity (Wildman–Crippen MR) is 171 cm³/mol. The lowest BCUT2D eigenvalue weighted by Gasteiger charge is -2.56. The summed E-state index contributed by atoms with van der Waals surface area (Å²) in [4.78, 5) is 27.1. The molecule has 1 aromatic heterocycles. The topological polar surface area (TPSA) is 79.8 Å². The number of nitrogens with one attached hydrogen (secondary N) is 1. The van der Waals surface area contributed by atoms with Gasteiger partial charge in [0.05, 0.1) is 0 Å². The molecule has 4 bridgehead atoms. The van der Waals surface area contributed by atoms with E-state index < -0.39 is 5.60 Å². The van der Waals surface area contributed by atoms with E-state index in [1.807, 2.05) is 39.5 Å². The summed E-state index contributed by atoms with van der Waals surface area (Å²) in [6.45, 7) is 17.2. The van der Waals surface area contributed by atoms with Crippen LogP contribution < -0.4 is 9.46 Å². The van der Waals surface area contributed by atoms with Crippen LogP contribution in [0.5, 0.6) is 5.88 Å². The molecule has 1 saturated carbocycles. The minimum absolute atomic E-state index is 0.188. The van der Waals surface area contributed by atoms with Crippen LogP contribution in [-0.4, -0.2) is 63.2 Å². The molecule has 1 atom stereocenters. The fraction of sp³-hybridized carbons (Fsp3) is 0.656. The number of benzene rings is 1. The van der Waals surface area contributed by atoms with Crippen molar-refractivity contribution in [1.29, 1.82) is 0 Å². The van der Waals surface area contributed by atoms with Crippen molar-refractivity contribution in [3.05, 3.63) is 41.0 Å². The number of rotatable bonds is 3. The number of carbonyl (C=O) groups is 1. The monoisotopic (exact) mass is 617 g/mol. The summed E-state index contributed by atoms with van der Waals surface area (Å²) in [7, 11) is 0. The smallest absolute Gasteiger partial charge is 0.410 e. The number of nitrogens with zero attached hydrogens (tertiary/aromatic N) is 4. The fourth-order valence-corrected chi connectivity index (χ4v) is 7.02. The molecular formula is C32H48ClN5O3S. The third-order valence-electron chi connectivity index (χ3n) is 8.11. The maximum Gasteiger partial charge on any atom is 0.410 e. The van der Waals surface area contributed by atoms with Gasteiger partial charge >= 0.3 is 6.09 Å². The molecule has 2 aromatic rings. The van der Waals surface area contributed by atoms with Crippen molar-refractivity contribution in [3.63, 3.8) is 0 Å². The summed E-state index contributed by atoms with van der Waals surface area (Å²) in [6, 6.07) is 11.0. The van der Waals surface area contributed by atoms with Crippen LogP contribution in [0.4, 0.5) is 10.7 Å². The van der Waals surface area contributed by atoms with Gasteiger partial charge in [0.25, 0.3) is 0 Å². The highest BCUT2D eigenvalue weighted by Gasteiger charge is 2.49. The Morgan fingerprint density at radius 2 is 1.90 bits per heavy atom. The molecule has 1 saturated heterocycles. The number of amides is 1. The van der Waals surface area contributed by atoms with Crippen LogP contribution in [0.1, 0.15) is 86.1 Å². The molecule has 2 aliphatic heterocycles. The molecule has 0 radical (unpaired) electrons. The summed E-state index contributed by atoms with van der Waals surface area (Å²) >= 11 is 7.78. The summed E-state index contributed by atoms with van der Waals surface area (Å²) < 4.78 is 15.1. The summed E-state index contributed by atoms with van der Waals surface area (Å²) in [5.41, 5.74) is 1.11. The van der Waals surface area contributed by atoms with Gasteiger partial charge in [-0.2, -0.15) is 4.98 Å². The number of likely N-dealkylation sites (tertiary alicyclic amines) is 1. The van der Waals surface area contributed by atoms with E-state index in [1.54, 1.807) is 6.07 Å². The number of carbonyl (C=O) groups excluding carboxylic acids is 1. The van der Waals surface area contributed by atoms with Crippen molar-refractivity contribution in [3.8, 4) is 5.88 Å².